The molecule has 0 aromatic rings. The highest BCUT2D eigenvalue weighted by atomic mass is 32.2. The van der Waals surface area contributed by atoms with E-state index in [1.54, 1.807) is 13.8 Å². The van der Waals surface area contributed by atoms with Crippen molar-refractivity contribution in [3.63, 3.8) is 0 Å². The van der Waals surface area contributed by atoms with Crippen LogP contribution in [-0.2, 0) is 24.6 Å². The van der Waals surface area contributed by atoms with Crippen LogP contribution in [-0.4, -0.2) is 53.9 Å². The third kappa shape index (κ3) is 10.3. The Morgan fingerprint density at radius 2 is 1.62 bits per heavy atom. The Hall–Kier alpha value is -0.180. The number of sulfone groups is 1. The van der Waals surface area contributed by atoms with Crippen LogP contribution < -0.4 is 4.72 Å². The molecule has 0 amide bonds. The topological polar surface area (TPSA) is 89.5 Å². The first-order valence-corrected chi connectivity index (χ1v) is 8.72. The van der Waals surface area contributed by atoms with E-state index in [2.05, 4.69) is 4.72 Å². The van der Waals surface area contributed by atoms with Crippen molar-refractivity contribution >= 4 is 19.9 Å². The first kappa shape index (κ1) is 15.8. The monoisotopic (exact) mass is 273 g/mol. The SMILES string of the molecule is CC(C)O[C@@H](CNS(C)(=O)=O)CS(C)(=O)=O. The van der Waals surface area contributed by atoms with Crippen molar-refractivity contribution in [3.05, 3.63) is 0 Å². The predicted octanol–water partition coefficient (Wildman–Crippen LogP) is -0.626. The highest BCUT2D eigenvalue weighted by molar-refractivity contribution is 7.90. The molecule has 0 radical (unpaired) electrons. The van der Waals surface area contributed by atoms with Gasteiger partial charge in [-0.2, -0.15) is 0 Å². The molecule has 0 aliphatic heterocycles. The molecular weight excluding hydrogens is 254 g/mol. The molecule has 0 unspecified atom stereocenters. The van der Waals surface area contributed by atoms with Crippen LogP contribution in [0.15, 0.2) is 0 Å². The van der Waals surface area contributed by atoms with Gasteiger partial charge in [0.2, 0.25) is 10.0 Å². The lowest BCUT2D eigenvalue weighted by Gasteiger charge is -2.19. The molecule has 16 heavy (non-hydrogen) atoms. The summed E-state index contributed by atoms with van der Waals surface area (Å²) in [6.45, 7) is 3.48. The Labute approximate surface area is 97.3 Å². The molecule has 6 nitrogen and oxygen atoms in total. The van der Waals surface area contributed by atoms with E-state index in [4.69, 9.17) is 4.74 Å². The number of sulfonamides is 1. The standard InChI is InChI=1S/C8H19NO5S2/c1-7(2)14-8(6-15(3,10)11)5-9-16(4,12)13/h7-9H,5-6H2,1-4H3/t8-/m0/s1. The second-order valence-corrected chi connectivity index (χ2v) is 8.04. The van der Waals surface area contributed by atoms with Gasteiger partial charge in [-0.15, -0.1) is 0 Å². The summed E-state index contributed by atoms with van der Waals surface area (Å²) in [5.41, 5.74) is 0. The van der Waals surface area contributed by atoms with Crippen LogP contribution in [0.5, 0.6) is 0 Å². The van der Waals surface area contributed by atoms with Crippen molar-refractivity contribution in [2.24, 2.45) is 0 Å². The van der Waals surface area contributed by atoms with Gasteiger partial charge in [-0.05, 0) is 13.8 Å². The number of hydrogen-bond donors (Lipinski definition) is 1. The maximum atomic E-state index is 11.1. The molecule has 0 aliphatic rings. The first-order chi connectivity index (χ1) is 6.99. The molecule has 0 bridgehead atoms. The van der Waals surface area contributed by atoms with Crippen LogP contribution in [0.4, 0.5) is 0 Å². The maximum absolute atomic E-state index is 11.1. The molecule has 0 aromatic heterocycles. The van der Waals surface area contributed by atoms with Crippen LogP contribution in [0, 0.1) is 0 Å². The smallest absolute Gasteiger partial charge is 0.208 e. The highest BCUT2D eigenvalue weighted by Gasteiger charge is 2.18. The third-order valence-corrected chi connectivity index (χ3v) is 3.19. The normalized spacial score (nSPS) is 15.3. The van der Waals surface area contributed by atoms with E-state index in [-0.39, 0.29) is 18.4 Å². The Bertz CT molecular complexity index is 398. The summed E-state index contributed by atoms with van der Waals surface area (Å²) in [4.78, 5) is 0. The van der Waals surface area contributed by atoms with Gasteiger partial charge in [0.05, 0.1) is 24.2 Å². The number of rotatable bonds is 7. The molecule has 0 rings (SSSR count). The van der Waals surface area contributed by atoms with Crippen molar-refractivity contribution in [1.82, 2.24) is 4.72 Å². The van der Waals surface area contributed by atoms with E-state index in [0.717, 1.165) is 12.5 Å². The summed E-state index contributed by atoms with van der Waals surface area (Å²) in [7, 11) is -6.53. The molecule has 1 atom stereocenters. The number of ether oxygens (including phenoxy) is 1. The zero-order valence-electron chi connectivity index (χ0n) is 9.93. The van der Waals surface area contributed by atoms with E-state index >= 15 is 0 Å². The molecular formula is C8H19NO5S2. The van der Waals surface area contributed by atoms with Crippen LogP contribution in [0.1, 0.15) is 13.8 Å². The van der Waals surface area contributed by atoms with E-state index in [9.17, 15) is 16.8 Å². The summed E-state index contributed by atoms with van der Waals surface area (Å²) < 4.78 is 51.5. The van der Waals surface area contributed by atoms with Crippen molar-refractivity contribution < 1.29 is 21.6 Å². The van der Waals surface area contributed by atoms with E-state index in [1.165, 1.54) is 0 Å². The largest absolute Gasteiger partial charge is 0.373 e. The first-order valence-electron chi connectivity index (χ1n) is 4.77. The van der Waals surface area contributed by atoms with Crippen LogP contribution in [0.3, 0.4) is 0 Å². The minimum atomic E-state index is -3.34. The van der Waals surface area contributed by atoms with Crippen LogP contribution in [0.25, 0.3) is 0 Å². The number of nitrogens with one attached hydrogen (secondary N) is 1. The molecule has 0 heterocycles. The van der Waals surface area contributed by atoms with Gasteiger partial charge in [-0.25, -0.2) is 21.6 Å². The molecule has 8 heteroatoms. The summed E-state index contributed by atoms with van der Waals surface area (Å²) >= 11 is 0. The van der Waals surface area contributed by atoms with Crippen molar-refractivity contribution in [2.75, 3.05) is 24.8 Å². The lowest BCUT2D eigenvalue weighted by molar-refractivity contribution is 0.0242. The summed E-state index contributed by atoms with van der Waals surface area (Å²) in [5, 5.41) is 0. The lowest BCUT2D eigenvalue weighted by atomic mass is 10.4. The molecule has 0 aromatic carbocycles. The van der Waals surface area contributed by atoms with Crippen molar-refractivity contribution in [3.8, 4) is 0 Å². The average molecular weight is 273 g/mol. The fourth-order valence-electron chi connectivity index (χ4n) is 1.11. The minimum Gasteiger partial charge on any atom is -0.373 e. The maximum Gasteiger partial charge on any atom is 0.208 e. The van der Waals surface area contributed by atoms with Crippen molar-refractivity contribution in [1.29, 1.82) is 0 Å². The quantitative estimate of drug-likeness (QED) is 0.667. The van der Waals surface area contributed by atoms with E-state index in [1.807, 2.05) is 0 Å². The zero-order valence-corrected chi connectivity index (χ0v) is 11.6. The van der Waals surface area contributed by atoms with Gasteiger partial charge in [-0.3, -0.25) is 0 Å². The van der Waals surface area contributed by atoms with Gasteiger partial charge >= 0.3 is 0 Å². The molecule has 1 N–H and O–H groups in total. The fraction of sp³-hybridized carbons (Fsp3) is 1.00. The zero-order chi connectivity index (χ0) is 13.0. The Morgan fingerprint density at radius 1 is 1.12 bits per heavy atom. The van der Waals surface area contributed by atoms with Crippen LogP contribution in [0.2, 0.25) is 0 Å². The van der Waals surface area contributed by atoms with Gasteiger partial charge < -0.3 is 4.74 Å². The summed E-state index contributed by atoms with van der Waals surface area (Å²) in [6, 6.07) is 0. The molecule has 0 saturated carbocycles. The van der Waals surface area contributed by atoms with Gasteiger partial charge in [0.15, 0.2) is 0 Å². The number of hydrogen-bond acceptors (Lipinski definition) is 5. The van der Waals surface area contributed by atoms with E-state index in [0.29, 0.717) is 0 Å². The van der Waals surface area contributed by atoms with Gasteiger partial charge in [-0.1, -0.05) is 0 Å². The Morgan fingerprint density at radius 3 is 1.94 bits per heavy atom. The van der Waals surface area contributed by atoms with E-state index < -0.39 is 26.0 Å². The highest BCUT2D eigenvalue weighted by Crippen LogP contribution is 2.01. The molecule has 0 fully saturated rings. The van der Waals surface area contributed by atoms with Crippen molar-refractivity contribution in [2.45, 2.75) is 26.1 Å². The predicted molar refractivity (Wildman–Crippen MR) is 62.6 cm³/mol. The lowest BCUT2D eigenvalue weighted by Crippen LogP contribution is -2.38. The summed E-state index contributed by atoms with van der Waals surface area (Å²) in [5.74, 6) is -0.201. The van der Waals surface area contributed by atoms with Gasteiger partial charge in [0, 0.05) is 12.8 Å². The Balaban J connectivity index is 4.44. The molecule has 0 spiro atoms. The van der Waals surface area contributed by atoms with Crippen LogP contribution >= 0.6 is 0 Å². The Kier molecular flexibility index (Phi) is 5.88. The fourth-order valence-corrected chi connectivity index (χ4v) is 2.47. The second-order valence-electron chi connectivity index (χ2n) is 4.02. The van der Waals surface area contributed by atoms with Gasteiger partial charge in [0.25, 0.3) is 0 Å². The molecule has 0 saturated heterocycles. The minimum absolute atomic E-state index is 0.0376. The molecule has 0 aliphatic carbocycles. The summed E-state index contributed by atoms with van der Waals surface area (Å²) in [6.07, 6.45) is 1.28. The molecule has 98 valence electrons. The van der Waals surface area contributed by atoms with Gasteiger partial charge in [0.1, 0.15) is 9.84 Å². The average Bonchev–Trinajstić information content (AvgIpc) is 1.94. The second kappa shape index (κ2) is 5.95. The third-order valence-electron chi connectivity index (χ3n) is 1.53.